The highest BCUT2D eigenvalue weighted by Crippen LogP contribution is 2.68. The van der Waals surface area contributed by atoms with Crippen LogP contribution in [0.4, 0.5) is 0 Å². The molecule has 5 rings (SSSR count). The van der Waals surface area contributed by atoms with Gasteiger partial charge in [-0.2, -0.15) is 0 Å². The topological polar surface area (TPSA) is 0 Å². The molecular formula is C27H23P. The lowest BCUT2D eigenvalue weighted by molar-refractivity contribution is 1.03. The summed E-state index contributed by atoms with van der Waals surface area (Å²) < 4.78 is 0. The molecule has 0 nitrogen and oxygen atoms in total. The van der Waals surface area contributed by atoms with Crippen molar-refractivity contribution in [3.05, 3.63) is 132 Å². The van der Waals surface area contributed by atoms with Gasteiger partial charge >= 0.3 is 0 Å². The molecule has 1 aliphatic carbocycles. The van der Waals surface area contributed by atoms with E-state index < -0.39 is 7.92 Å². The second-order valence-electron chi connectivity index (χ2n) is 7.40. The predicted molar refractivity (Wildman–Crippen MR) is 121 cm³/mol. The van der Waals surface area contributed by atoms with Crippen LogP contribution in [0.15, 0.2) is 121 Å². The molecule has 0 heterocycles. The van der Waals surface area contributed by atoms with Crippen LogP contribution in [0.1, 0.15) is 23.0 Å². The van der Waals surface area contributed by atoms with Gasteiger partial charge < -0.3 is 0 Å². The van der Waals surface area contributed by atoms with Crippen molar-refractivity contribution in [3.8, 4) is 0 Å². The maximum absolute atomic E-state index is 2.32. The Morgan fingerprint density at radius 2 is 0.714 bits per heavy atom. The highest BCUT2D eigenvalue weighted by Gasteiger charge is 2.55. The summed E-state index contributed by atoms with van der Waals surface area (Å²) in [5, 5.41) is 2.96. The normalized spacial score (nSPS) is 20.8. The molecule has 136 valence electrons. The van der Waals surface area contributed by atoms with Gasteiger partial charge in [-0.15, -0.1) is 0 Å². The molecule has 0 N–H and O–H groups in total. The lowest BCUT2D eigenvalue weighted by atomic mass is 10.0. The Bertz CT molecular complexity index is 928. The molecular weight excluding hydrogens is 355 g/mol. The van der Waals surface area contributed by atoms with E-state index in [2.05, 4.69) is 121 Å². The largest absolute Gasteiger partial charge is 0.0622 e. The molecule has 0 spiro atoms. The molecule has 0 aliphatic heterocycles. The third kappa shape index (κ3) is 3.30. The third-order valence-corrected chi connectivity index (χ3v) is 8.67. The van der Waals surface area contributed by atoms with Crippen molar-refractivity contribution in [1.29, 1.82) is 0 Å². The van der Waals surface area contributed by atoms with Gasteiger partial charge in [-0.25, -0.2) is 0 Å². The summed E-state index contributed by atoms with van der Waals surface area (Å²) in [6.07, 6.45) is 0. The van der Waals surface area contributed by atoms with E-state index in [1.807, 2.05) is 0 Å². The molecule has 0 aromatic heterocycles. The summed E-state index contributed by atoms with van der Waals surface area (Å²) in [7, 11) is -0.425. The maximum Gasteiger partial charge on any atom is 0.00211 e. The zero-order valence-electron chi connectivity index (χ0n) is 15.7. The molecule has 0 amide bonds. The first-order valence-electron chi connectivity index (χ1n) is 9.93. The fraction of sp³-hybridized carbons (Fsp3) is 0.111. The van der Waals surface area contributed by atoms with Crippen LogP contribution >= 0.6 is 7.92 Å². The Morgan fingerprint density at radius 1 is 0.393 bits per heavy atom. The van der Waals surface area contributed by atoms with Crippen molar-refractivity contribution in [2.24, 2.45) is 0 Å². The minimum atomic E-state index is -0.425. The Hall–Kier alpha value is -2.69. The molecule has 1 fully saturated rings. The average Bonchev–Trinajstić information content (AvgIpc) is 3.52. The third-order valence-electron chi connectivity index (χ3n) is 5.72. The van der Waals surface area contributed by atoms with Gasteiger partial charge in [0.05, 0.1) is 0 Å². The van der Waals surface area contributed by atoms with Crippen LogP contribution in [-0.2, 0) is 0 Å². The van der Waals surface area contributed by atoms with Crippen LogP contribution in [0.25, 0.3) is 0 Å². The van der Waals surface area contributed by atoms with Gasteiger partial charge in [0.15, 0.2) is 0 Å². The molecule has 0 radical (unpaired) electrons. The summed E-state index contributed by atoms with van der Waals surface area (Å²) in [6, 6.07) is 44.5. The van der Waals surface area contributed by atoms with E-state index in [0.29, 0.717) is 17.5 Å². The minimum absolute atomic E-state index is 0.425. The van der Waals surface area contributed by atoms with Gasteiger partial charge in [0.1, 0.15) is 0 Å². The number of rotatable bonds is 5. The van der Waals surface area contributed by atoms with E-state index in [1.54, 1.807) is 0 Å². The molecule has 2 unspecified atom stereocenters. The van der Waals surface area contributed by atoms with E-state index in [4.69, 9.17) is 0 Å². The number of hydrogen-bond donors (Lipinski definition) is 0. The summed E-state index contributed by atoms with van der Waals surface area (Å²) in [6.45, 7) is 0. The lowest BCUT2D eigenvalue weighted by Crippen LogP contribution is -2.15. The van der Waals surface area contributed by atoms with Crippen molar-refractivity contribution < 1.29 is 0 Å². The summed E-state index contributed by atoms with van der Waals surface area (Å²) in [5.41, 5.74) is 3.58. The van der Waals surface area contributed by atoms with Gasteiger partial charge in [-0.05, 0) is 41.5 Å². The van der Waals surface area contributed by atoms with Gasteiger partial charge in [0.2, 0.25) is 0 Å². The second-order valence-corrected chi connectivity index (χ2v) is 9.77. The van der Waals surface area contributed by atoms with Gasteiger partial charge in [-0.1, -0.05) is 121 Å². The van der Waals surface area contributed by atoms with Crippen LogP contribution in [-0.4, -0.2) is 5.66 Å². The highest BCUT2D eigenvalue weighted by molar-refractivity contribution is 7.74. The molecule has 28 heavy (non-hydrogen) atoms. The van der Waals surface area contributed by atoms with E-state index >= 15 is 0 Å². The SMILES string of the molecule is c1ccc(C2C(P(c3ccccc3)c3ccccc3)[C@@H]2c2ccccc2)cc1. The highest BCUT2D eigenvalue weighted by atomic mass is 31.1. The molecule has 3 atom stereocenters. The van der Waals surface area contributed by atoms with Crippen LogP contribution in [0.2, 0.25) is 0 Å². The molecule has 1 aliphatic rings. The Kier molecular flexibility index (Phi) is 4.81. The first-order chi connectivity index (χ1) is 13.9. The molecule has 4 aromatic rings. The Labute approximate surface area is 168 Å². The molecule has 0 saturated heterocycles. The molecule has 0 bridgehead atoms. The van der Waals surface area contributed by atoms with Crippen molar-refractivity contribution in [1.82, 2.24) is 0 Å². The second kappa shape index (κ2) is 7.74. The van der Waals surface area contributed by atoms with E-state index in [1.165, 1.54) is 21.7 Å². The van der Waals surface area contributed by atoms with E-state index in [9.17, 15) is 0 Å². The molecule has 4 aromatic carbocycles. The number of hydrogen-bond acceptors (Lipinski definition) is 0. The Balaban J connectivity index is 1.62. The van der Waals surface area contributed by atoms with Crippen LogP contribution in [0.5, 0.6) is 0 Å². The first kappa shape index (κ1) is 17.4. The van der Waals surface area contributed by atoms with Gasteiger partial charge in [0, 0.05) is 5.66 Å². The smallest absolute Gasteiger partial charge is 0.00211 e. The monoisotopic (exact) mass is 378 g/mol. The standard InChI is InChI=1S/C27H23P/c1-5-13-21(14-6-1)25-26(22-15-7-2-8-16-22)27(25)28(23-17-9-3-10-18-23)24-19-11-4-12-20-24/h1-20,25-27H/t25-,26?,27?/m1/s1. The Morgan fingerprint density at radius 3 is 1.07 bits per heavy atom. The quantitative estimate of drug-likeness (QED) is 0.370. The van der Waals surface area contributed by atoms with E-state index in [0.717, 1.165) is 0 Å². The van der Waals surface area contributed by atoms with E-state index in [-0.39, 0.29) is 0 Å². The predicted octanol–water partition coefficient (Wildman–Crippen LogP) is 6.07. The lowest BCUT2D eigenvalue weighted by Gasteiger charge is -2.20. The first-order valence-corrected chi connectivity index (χ1v) is 11.3. The van der Waals surface area contributed by atoms with Crippen molar-refractivity contribution >= 4 is 18.5 Å². The summed E-state index contributed by atoms with van der Waals surface area (Å²) in [4.78, 5) is 0. The van der Waals surface area contributed by atoms with Crippen LogP contribution in [0.3, 0.4) is 0 Å². The maximum atomic E-state index is 2.32. The average molecular weight is 378 g/mol. The molecule has 1 heteroatoms. The fourth-order valence-electron chi connectivity index (χ4n) is 4.45. The molecule has 1 saturated carbocycles. The van der Waals surface area contributed by atoms with Crippen LogP contribution < -0.4 is 10.6 Å². The van der Waals surface area contributed by atoms with Gasteiger partial charge in [0.25, 0.3) is 0 Å². The van der Waals surface area contributed by atoms with Crippen molar-refractivity contribution in [2.45, 2.75) is 17.5 Å². The minimum Gasteiger partial charge on any atom is -0.0622 e. The van der Waals surface area contributed by atoms with Crippen LogP contribution in [0, 0.1) is 0 Å². The number of benzene rings is 4. The zero-order valence-corrected chi connectivity index (χ0v) is 16.6. The summed E-state index contributed by atoms with van der Waals surface area (Å²) >= 11 is 0. The van der Waals surface area contributed by atoms with Gasteiger partial charge in [-0.3, -0.25) is 0 Å². The van der Waals surface area contributed by atoms with Crippen molar-refractivity contribution in [2.75, 3.05) is 0 Å². The van der Waals surface area contributed by atoms with Crippen molar-refractivity contribution in [3.63, 3.8) is 0 Å². The zero-order chi connectivity index (χ0) is 18.8. The summed E-state index contributed by atoms with van der Waals surface area (Å²) in [5.74, 6) is 1.16. The fourth-order valence-corrected chi connectivity index (χ4v) is 7.68.